The highest BCUT2D eigenvalue weighted by Gasteiger charge is 2.55. The van der Waals surface area contributed by atoms with Gasteiger partial charge in [-0.05, 0) is 46.4 Å². The standard InChI is InChI=1S/C22H17NO2/c24-14-23-21-13-15-5-1-3-7-19(15)22(23,16-9-11-17(25)12-10-16)20-8-4-2-6-18(20)21/h1-12,14,21,25H,13H2/t21-,22+/m1/s1. The molecular formula is C22H17NO2. The maximum Gasteiger partial charge on any atom is 0.211 e. The number of phenols is 1. The zero-order chi connectivity index (χ0) is 17.0. The van der Waals surface area contributed by atoms with Crippen LogP contribution in [0.5, 0.6) is 5.75 Å². The third-order valence-corrected chi connectivity index (χ3v) is 5.65. The van der Waals surface area contributed by atoms with Crippen molar-refractivity contribution in [1.82, 2.24) is 4.90 Å². The van der Waals surface area contributed by atoms with Gasteiger partial charge in [-0.2, -0.15) is 0 Å². The Morgan fingerprint density at radius 1 is 0.920 bits per heavy atom. The lowest BCUT2D eigenvalue weighted by atomic mass is 9.74. The summed E-state index contributed by atoms with van der Waals surface area (Å²) in [5.41, 5.74) is 5.15. The Morgan fingerprint density at radius 2 is 1.60 bits per heavy atom. The number of amides is 1. The Labute approximate surface area is 146 Å². The molecule has 1 N–H and O–H groups in total. The molecule has 3 heteroatoms. The van der Waals surface area contributed by atoms with Gasteiger partial charge < -0.3 is 10.0 Å². The van der Waals surface area contributed by atoms with Crippen LogP contribution in [0, 0.1) is 0 Å². The van der Waals surface area contributed by atoms with Crippen LogP contribution in [0.4, 0.5) is 0 Å². The number of rotatable bonds is 2. The number of hydrogen-bond acceptors (Lipinski definition) is 2. The van der Waals surface area contributed by atoms with Gasteiger partial charge >= 0.3 is 0 Å². The molecule has 2 atom stereocenters. The van der Waals surface area contributed by atoms with Crippen molar-refractivity contribution in [2.24, 2.45) is 0 Å². The monoisotopic (exact) mass is 327 g/mol. The molecule has 2 heterocycles. The van der Waals surface area contributed by atoms with E-state index in [4.69, 9.17) is 0 Å². The molecule has 0 spiro atoms. The first-order chi connectivity index (χ1) is 12.3. The van der Waals surface area contributed by atoms with Crippen molar-refractivity contribution in [3.8, 4) is 5.75 Å². The van der Waals surface area contributed by atoms with Crippen LogP contribution in [0.15, 0.2) is 72.8 Å². The summed E-state index contributed by atoms with van der Waals surface area (Å²) in [6, 6.07) is 24.0. The van der Waals surface area contributed by atoms with E-state index in [0.29, 0.717) is 0 Å². The van der Waals surface area contributed by atoms with Gasteiger partial charge in [0.05, 0.1) is 6.04 Å². The first kappa shape index (κ1) is 14.3. The van der Waals surface area contributed by atoms with Crippen LogP contribution in [0.1, 0.15) is 33.9 Å². The van der Waals surface area contributed by atoms with E-state index in [1.54, 1.807) is 12.1 Å². The molecule has 0 saturated carbocycles. The molecule has 3 nitrogen and oxygen atoms in total. The number of nitrogens with zero attached hydrogens (tertiary/aromatic N) is 1. The van der Waals surface area contributed by atoms with E-state index >= 15 is 0 Å². The maximum absolute atomic E-state index is 12.2. The lowest BCUT2D eigenvalue weighted by Gasteiger charge is -2.45. The second kappa shape index (κ2) is 4.96. The third-order valence-electron chi connectivity index (χ3n) is 5.65. The van der Waals surface area contributed by atoms with Gasteiger partial charge in [0.25, 0.3) is 0 Å². The number of carbonyl (C=O) groups is 1. The smallest absolute Gasteiger partial charge is 0.211 e. The van der Waals surface area contributed by atoms with E-state index in [1.165, 1.54) is 11.1 Å². The van der Waals surface area contributed by atoms with E-state index in [2.05, 4.69) is 30.3 Å². The molecule has 0 saturated heterocycles. The summed E-state index contributed by atoms with van der Waals surface area (Å²) in [5.74, 6) is 0.227. The Bertz CT molecular complexity index is 966. The molecule has 0 unspecified atom stereocenters. The van der Waals surface area contributed by atoms with Crippen molar-refractivity contribution >= 4 is 6.41 Å². The van der Waals surface area contributed by atoms with Gasteiger partial charge in [0.2, 0.25) is 6.41 Å². The van der Waals surface area contributed by atoms with Crippen LogP contribution in [-0.4, -0.2) is 16.4 Å². The summed E-state index contributed by atoms with van der Waals surface area (Å²) in [6.07, 6.45) is 1.80. The summed E-state index contributed by atoms with van der Waals surface area (Å²) in [4.78, 5) is 14.2. The molecule has 0 aromatic heterocycles. The molecule has 0 radical (unpaired) electrons. The normalized spacial score (nSPS) is 23.0. The van der Waals surface area contributed by atoms with E-state index in [0.717, 1.165) is 29.5 Å². The predicted octanol–water partition coefficient (Wildman–Crippen LogP) is 3.75. The summed E-state index contributed by atoms with van der Waals surface area (Å²) < 4.78 is 0. The second-order valence-corrected chi connectivity index (χ2v) is 6.73. The molecule has 2 bridgehead atoms. The Balaban J connectivity index is 1.93. The van der Waals surface area contributed by atoms with Gasteiger partial charge in [-0.3, -0.25) is 4.79 Å². The molecule has 122 valence electrons. The van der Waals surface area contributed by atoms with Crippen molar-refractivity contribution in [2.45, 2.75) is 18.0 Å². The van der Waals surface area contributed by atoms with E-state index in [1.807, 2.05) is 35.2 Å². The molecule has 5 rings (SSSR count). The zero-order valence-electron chi connectivity index (χ0n) is 13.6. The number of carbonyl (C=O) groups excluding carboxylic acids is 1. The molecular weight excluding hydrogens is 310 g/mol. The van der Waals surface area contributed by atoms with Crippen LogP contribution in [-0.2, 0) is 16.8 Å². The molecule has 2 aliphatic rings. The number of benzene rings is 3. The van der Waals surface area contributed by atoms with Gasteiger partial charge in [-0.1, -0.05) is 60.7 Å². The summed E-state index contributed by atoms with van der Waals surface area (Å²) in [6.45, 7) is 0. The van der Waals surface area contributed by atoms with Crippen LogP contribution < -0.4 is 0 Å². The lowest BCUT2D eigenvalue weighted by molar-refractivity contribution is -0.124. The van der Waals surface area contributed by atoms with Gasteiger partial charge in [0.15, 0.2) is 0 Å². The Morgan fingerprint density at radius 3 is 2.36 bits per heavy atom. The summed E-state index contributed by atoms with van der Waals surface area (Å²) >= 11 is 0. The molecule has 1 amide bonds. The molecule has 3 aromatic rings. The van der Waals surface area contributed by atoms with Crippen molar-refractivity contribution in [1.29, 1.82) is 0 Å². The van der Waals surface area contributed by atoms with Crippen molar-refractivity contribution < 1.29 is 9.90 Å². The highest BCUT2D eigenvalue weighted by atomic mass is 16.3. The topological polar surface area (TPSA) is 40.5 Å². The fourth-order valence-corrected chi connectivity index (χ4v) is 4.71. The predicted molar refractivity (Wildman–Crippen MR) is 95.2 cm³/mol. The van der Waals surface area contributed by atoms with Crippen LogP contribution in [0.2, 0.25) is 0 Å². The van der Waals surface area contributed by atoms with E-state index in [9.17, 15) is 9.90 Å². The average Bonchev–Trinajstić information content (AvgIpc) is 2.86. The highest BCUT2D eigenvalue weighted by molar-refractivity contribution is 5.69. The van der Waals surface area contributed by atoms with Crippen molar-refractivity contribution in [3.05, 3.63) is 101 Å². The zero-order valence-corrected chi connectivity index (χ0v) is 13.6. The van der Waals surface area contributed by atoms with Crippen LogP contribution in [0.25, 0.3) is 0 Å². The second-order valence-electron chi connectivity index (χ2n) is 6.73. The van der Waals surface area contributed by atoms with Gasteiger partial charge in [0.1, 0.15) is 11.3 Å². The first-order valence-corrected chi connectivity index (χ1v) is 8.48. The third kappa shape index (κ3) is 1.67. The fraction of sp³-hybridized carbons (Fsp3) is 0.136. The van der Waals surface area contributed by atoms with Gasteiger partial charge in [-0.15, -0.1) is 0 Å². The fourth-order valence-electron chi connectivity index (χ4n) is 4.71. The maximum atomic E-state index is 12.2. The molecule has 2 aliphatic heterocycles. The van der Waals surface area contributed by atoms with Gasteiger partial charge in [0, 0.05) is 0 Å². The number of hydrogen-bond donors (Lipinski definition) is 1. The first-order valence-electron chi connectivity index (χ1n) is 8.48. The molecule has 25 heavy (non-hydrogen) atoms. The van der Waals surface area contributed by atoms with E-state index in [-0.39, 0.29) is 11.8 Å². The van der Waals surface area contributed by atoms with Crippen LogP contribution >= 0.6 is 0 Å². The highest BCUT2D eigenvalue weighted by Crippen LogP contribution is 2.57. The van der Waals surface area contributed by atoms with Crippen molar-refractivity contribution in [2.75, 3.05) is 0 Å². The molecule has 0 fully saturated rings. The quantitative estimate of drug-likeness (QED) is 0.728. The largest absolute Gasteiger partial charge is 0.508 e. The SMILES string of the molecule is O=CN1[C@@H]2Cc3ccccc3[C@@]1(c1ccc(O)cc1)c1ccccc12. The number of phenolic OH excluding ortho intramolecular Hbond substituents is 1. The van der Waals surface area contributed by atoms with Crippen LogP contribution in [0.3, 0.4) is 0 Å². The Hall–Kier alpha value is -3.07. The molecule has 3 aromatic carbocycles. The van der Waals surface area contributed by atoms with E-state index < -0.39 is 5.54 Å². The minimum absolute atomic E-state index is 0.0393. The minimum Gasteiger partial charge on any atom is -0.508 e. The summed E-state index contributed by atoms with van der Waals surface area (Å²) in [7, 11) is 0. The minimum atomic E-state index is -0.633. The number of fused-ring (bicyclic) bond motifs is 7. The Kier molecular flexibility index (Phi) is 2.84. The average molecular weight is 327 g/mol. The van der Waals surface area contributed by atoms with Crippen molar-refractivity contribution in [3.63, 3.8) is 0 Å². The lowest BCUT2D eigenvalue weighted by Crippen LogP contribution is -2.47. The summed E-state index contributed by atoms with van der Waals surface area (Å²) in [5, 5.41) is 9.75. The molecule has 0 aliphatic carbocycles. The van der Waals surface area contributed by atoms with Gasteiger partial charge in [-0.25, -0.2) is 0 Å². The number of aromatic hydroxyl groups is 1.